The monoisotopic (exact) mass is 323 g/mol. The Morgan fingerprint density at radius 2 is 1.95 bits per heavy atom. The van der Waals surface area contributed by atoms with E-state index in [4.69, 9.17) is 8.74 Å². The summed E-state index contributed by atoms with van der Waals surface area (Å²) in [7, 11) is -7.81. The molecule has 1 atom stereocenters. The minimum atomic E-state index is -4.15. The Balaban J connectivity index is 3.00. The fraction of sp³-hybridized carbons (Fsp3) is 0.545. The van der Waals surface area contributed by atoms with Crippen molar-refractivity contribution in [3.05, 3.63) is 30.1 Å². The molecular formula is C11H17NO6S2. The predicted molar refractivity (Wildman–Crippen MR) is 73.4 cm³/mol. The second-order valence-electron chi connectivity index (χ2n) is 4.78. The predicted octanol–water partition coefficient (Wildman–Crippen LogP) is 0.593. The van der Waals surface area contributed by atoms with Gasteiger partial charge in [0.2, 0.25) is 0 Å². The van der Waals surface area contributed by atoms with Crippen molar-refractivity contribution in [3.8, 4) is 0 Å². The van der Waals surface area contributed by atoms with Crippen LogP contribution >= 0.6 is 0 Å². The Morgan fingerprint density at radius 3 is 2.40 bits per heavy atom. The van der Waals surface area contributed by atoms with E-state index in [1.165, 1.54) is 6.20 Å². The van der Waals surface area contributed by atoms with E-state index < -0.39 is 31.4 Å². The molecule has 1 N–H and O–H groups in total. The fourth-order valence-corrected chi connectivity index (χ4v) is 2.77. The second kappa shape index (κ2) is 6.17. The molecule has 0 saturated carbocycles. The van der Waals surface area contributed by atoms with Gasteiger partial charge in [-0.05, 0) is 18.6 Å². The highest BCUT2D eigenvalue weighted by atomic mass is 32.2. The van der Waals surface area contributed by atoms with Crippen LogP contribution in [0.1, 0.15) is 19.0 Å². The Hall–Kier alpha value is -1.03. The van der Waals surface area contributed by atoms with Gasteiger partial charge in [-0.2, -0.15) is 16.8 Å². The van der Waals surface area contributed by atoms with Crippen LogP contribution in [0.3, 0.4) is 0 Å². The quantitative estimate of drug-likeness (QED) is 0.577. The average molecular weight is 323 g/mol. The zero-order valence-corrected chi connectivity index (χ0v) is 12.8. The minimum absolute atomic E-state index is 0.0155. The third-order valence-corrected chi connectivity index (χ3v) is 4.05. The Bertz CT molecular complexity index is 603. The molecule has 114 valence electrons. The molecule has 0 bridgehead atoms. The zero-order chi connectivity index (χ0) is 15.4. The summed E-state index contributed by atoms with van der Waals surface area (Å²) in [4.78, 5) is 4.10. The van der Waals surface area contributed by atoms with Crippen molar-refractivity contribution >= 4 is 20.2 Å². The number of hydrogen-bond donors (Lipinski definition) is 1. The molecule has 0 aliphatic heterocycles. The second-order valence-corrected chi connectivity index (χ2v) is 7.99. The van der Waals surface area contributed by atoms with Gasteiger partial charge in [-0.25, -0.2) is 0 Å². The third-order valence-electron chi connectivity index (χ3n) is 2.79. The van der Waals surface area contributed by atoms with Crippen LogP contribution in [0.2, 0.25) is 0 Å². The Kier molecular flexibility index (Phi) is 5.25. The lowest BCUT2D eigenvalue weighted by molar-refractivity contribution is 0.226. The topological polar surface area (TPSA) is 111 Å². The van der Waals surface area contributed by atoms with Crippen molar-refractivity contribution < 1.29 is 25.6 Å². The van der Waals surface area contributed by atoms with Crippen LogP contribution in [0, 0.1) is 0 Å². The Labute approximate surface area is 118 Å². The first-order chi connectivity index (χ1) is 9.02. The zero-order valence-electron chi connectivity index (χ0n) is 11.2. The molecular weight excluding hydrogens is 306 g/mol. The van der Waals surface area contributed by atoms with E-state index in [2.05, 4.69) is 4.98 Å². The van der Waals surface area contributed by atoms with E-state index >= 15 is 0 Å². The summed E-state index contributed by atoms with van der Waals surface area (Å²) in [5.41, 5.74) is -0.451. The largest absolute Gasteiger partial charge is 0.286 e. The molecule has 0 saturated heterocycles. The van der Waals surface area contributed by atoms with Gasteiger partial charge < -0.3 is 0 Å². The molecule has 7 nitrogen and oxygen atoms in total. The summed E-state index contributed by atoms with van der Waals surface area (Å²) < 4.78 is 57.6. The highest BCUT2D eigenvalue weighted by molar-refractivity contribution is 7.86. The van der Waals surface area contributed by atoms with Crippen LogP contribution in [0.5, 0.6) is 0 Å². The molecule has 9 heteroatoms. The van der Waals surface area contributed by atoms with E-state index in [1.54, 1.807) is 25.1 Å². The number of hydrogen-bond acceptors (Lipinski definition) is 6. The standard InChI is InChI=1S/C11H17NO6S2/c1-11(6-8-20(15,16)17,9-18-19(2,13)14)10-5-3-4-7-12-10/h3-5,7H,6,8-9H2,1-2H3,(H,15,16,17). The van der Waals surface area contributed by atoms with Gasteiger partial charge in [0.25, 0.3) is 20.2 Å². The molecule has 0 aliphatic rings. The van der Waals surface area contributed by atoms with E-state index in [0.717, 1.165) is 6.26 Å². The van der Waals surface area contributed by atoms with Gasteiger partial charge in [0.15, 0.2) is 0 Å². The minimum Gasteiger partial charge on any atom is -0.286 e. The van der Waals surface area contributed by atoms with Gasteiger partial charge in [-0.15, -0.1) is 0 Å². The van der Waals surface area contributed by atoms with Crippen LogP contribution in [0.25, 0.3) is 0 Å². The van der Waals surface area contributed by atoms with E-state index in [-0.39, 0.29) is 13.0 Å². The molecule has 20 heavy (non-hydrogen) atoms. The maximum Gasteiger partial charge on any atom is 0.264 e. The summed E-state index contributed by atoms with van der Waals surface area (Å²) in [6.07, 6.45) is 2.41. The van der Waals surface area contributed by atoms with Crippen molar-refractivity contribution in [1.29, 1.82) is 0 Å². The van der Waals surface area contributed by atoms with E-state index in [1.807, 2.05) is 0 Å². The summed E-state index contributed by atoms with van der Waals surface area (Å²) in [5, 5.41) is 0. The molecule has 0 aliphatic carbocycles. The van der Waals surface area contributed by atoms with Crippen LogP contribution < -0.4 is 0 Å². The van der Waals surface area contributed by atoms with Crippen molar-refractivity contribution in [1.82, 2.24) is 4.98 Å². The number of rotatable bonds is 7. The van der Waals surface area contributed by atoms with Gasteiger partial charge in [0.1, 0.15) is 0 Å². The normalized spacial score (nSPS) is 15.8. The molecule has 1 rings (SSSR count). The van der Waals surface area contributed by atoms with Crippen molar-refractivity contribution in [2.45, 2.75) is 18.8 Å². The maximum absolute atomic E-state index is 11.1. The molecule has 1 heterocycles. The first-order valence-corrected chi connectivity index (χ1v) is 9.15. The van der Waals surface area contributed by atoms with Crippen LogP contribution in [-0.2, 0) is 29.8 Å². The first kappa shape index (κ1) is 17.0. The number of aromatic nitrogens is 1. The Morgan fingerprint density at radius 1 is 1.30 bits per heavy atom. The van der Waals surface area contributed by atoms with Crippen molar-refractivity contribution in [2.75, 3.05) is 18.6 Å². The smallest absolute Gasteiger partial charge is 0.264 e. The number of pyridine rings is 1. The van der Waals surface area contributed by atoms with Gasteiger partial charge in [0.05, 0.1) is 18.6 Å². The van der Waals surface area contributed by atoms with Crippen LogP contribution in [-0.4, -0.2) is 45.0 Å². The first-order valence-electron chi connectivity index (χ1n) is 5.73. The molecule has 1 unspecified atom stereocenters. The lowest BCUT2D eigenvalue weighted by Crippen LogP contribution is -2.33. The summed E-state index contributed by atoms with van der Waals surface area (Å²) >= 11 is 0. The summed E-state index contributed by atoms with van der Waals surface area (Å²) in [5.74, 6) is -0.507. The van der Waals surface area contributed by atoms with Crippen molar-refractivity contribution in [2.24, 2.45) is 0 Å². The molecule has 0 amide bonds. The highest BCUT2D eigenvalue weighted by Gasteiger charge is 2.31. The molecule has 0 aromatic carbocycles. The molecule has 1 aromatic heterocycles. The van der Waals surface area contributed by atoms with E-state index in [0.29, 0.717) is 5.69 Å². The van der Waals surface area contributed by atoms with Gasteiger partial charge in [-0.1, -0.05) is 13.0 Å². The SMILES string of the molecule is CC(CCS(=O)(=O)O)(COS(C)(=O)=O)c1ccccn1. The third kappa shape index (κ3) is 5.95. The summed E-state index contributed by atoms with van der Waals surface area (Å²) in [6, 6.07) is 5.04. The molecule has 0 radical (unpaired) electrons. The van der Waals surface area contributed by atoms with Gasteiger partial charge in [-0.3, -0.25) is 13.7 Å². The van der Waals surface area contributed by atoms with Gasteiger partial charge >= 0.3 is 0 Å². The average Bonchev–Trinajstić information content (AvgIpc) is 2.33. The maximum atomic E-state index is 11.1. The van der Waals surface area contributed by atoms with Crippen LogP contribution in [0.4, 0.5) is 0 Å². The number of nitrogens with zero attached hydrogens (tertiary/aromatic N) is 1. The van der Waals surface area contributed by atoms with Gasteiger partial charge in [0, 0.05) is 17.3 Å². The lowest BCUT2D eigenvalue weighted by atomic mass is 9.84. The summed E-state index contributed by atoms with van der Waals surface area (Å²) in [6.45, 7) is 1.38. The highest BCUT2D eigenvalue weighted by Crippen LogP contribution is 2.27. The molecule has 0 spiro atoms. The lowest BCUT2D eigenvalue weighted by Gasteiger charge is -2.27. The van der Waals surface area contributed by atoms with Crippen LogP contribution in [0.15, 0.2) is 24.4 Å². The van der Waals surface area contributed by atoms with E-state index in [9.17, 15) is 16.8 Å². The van der Waals surface area contributed by atoms with Crippen molar-refractivity contribution in [3.63, 3.8) is 0 Å². The molecule has 0 fully saturated rings. The fourth-order valence-electron chi connectivity index (χ4n) is 1.59. The molecule has 1 aromatic rings.